The number of sulfonamides is 1. The number of halogens is 1. The minimum atomic E-state index is -3.77. The summed E-state index contributed by atoms with van der Waals surface area (Å²) >= 11 is 5.83. The van der Waals surface area contributed by atoms with E-state index in [-0.39, 0.29) is 42.7 Å². The van der Waals surface area contributed by atoms with E-state index >= 15 is 0 Å². The van der Waals surface area contributed by atoms with E-state index in [0.717, 1.165) is 17.7 Å². The van der Waals surface area contributed by atoms with Crippen LogP contribution in [0.15, 0.2) is 59.5 Å². The number of nitrogens with zero attached hydrogens (tertiary/aromatic N) is 3. The van der Waals surface area contributed by atoms with Gasteiger partial charge in [-0.1, -0.05) is 23.7 Å². The standard InChI is InChI=1S/C19H18ClN3O5S/c20-16-4-1-15(2-5-16)3-10-19(24)21-11-13-22(14-12-21)29(27,28)18-8-6-17(7-9-18)23(25)26/h1-10H,11-14H2/b10-3+. The molecule has 0 atom stereocenters. The molecule has 1 heterocycles. The highest BCUT2D eigenvalue weighted by atomic mass is 35.5. The third-order valence-corrected chi connectivity index (χ3v) is 6.69. The quantitative estimate of drug-likeness (QED) is 0.408. The Balaban J connectivity index is 1.61. The van der Waals surface area contributed by atoms with E-state index in [4.69, 9.17) is 11.6 Å². The van der Waals surface area contributed by atoms with Crippen LogP contribution in [0.2, 0.25) is 5.02 Å². The minimum Gasteiger partial charge on any atom is -0.337 e. The molecule has 1 saturated heterocycles. The number of amides is 1. The number of hydrogen-bond acceptors (Lipinski definition) is 5. The minimum absolute atomic E-state index is 0.00879. The first-order valence-electron chi connectivity index (χ1n) is 8.74. The van der Waals surface area contributed by atoms with Gasteiger partial charge in [0, 0.05) is 49.4 Å². The van der Waals surface area contributed by atoms with E-state index in [2.05, 4.69) is 0 Å². The molecule has 2 aromatic rings. The SMILES string of the molecule is O=C(/C=C/c1ccc(Cl)cc1)N1CCN(S(=O)(=O)c2ccc([N+](=O)[O-])cc2)CC1. The molecular formula is C19H18ClN3O5S. The number of non-ortho nitro benzene ring substituents is 1. The zero-order valence-electron chi connectivity index (χ0n) is 15.3. The van der Waals surface area contributed by atoms with Crippen molar-refractivity contribution in [3.05, 3.63) is 75.3 Å². The first-order chi connectivity index (χ1) is 13.8. The highest BCUT2D eigenvalue weighted by Crippen LogP contribution is 2.21. The van der Waals surface area contributed by atoms with Gasteiger partial charge in [-0.2, -0.15) is 4.31 Å². The Bertz CT molecular complexity index is 1030. The molecule has 2 aromatic carbocycles. The number of benzene rings is 2. The van der Waals surface area contributed by atoms with Crippen molar-refractivity contribution >= 4 is 39.3 Å². The van der Waals surface area contributed by atoms with Crippen LogP contribution in [0.5, 0.6) is 0 Å². The molecule has 0 bridgehead atoms. The van der Waals surface area contributed by atoms with Crippen molar-refractivity contribution in [1.82, 2.24) is 9.21 Å². The van der Waals surface area contributed by atoms with Crippen molar-refractivity contribution in [3.63, 3.8) is 0 Å². The van der Waals surface area contributed by atoms with E-state index in [9.17, 15) is 23.3 Å². The highest BCUT2D eigenvalue weighted by Gasteiger charge is 2.29. The summed E-state index contributed by atoms with van der Waals surface area (Å²) in [4.78, 5) is 24.1. The summed E-state index contributed by atoms with van der Waals surface area (Å²) in [7, 11) is -3.77. The molecule has 0 spiro atoms. The third kappa shape index (κ3) is 5.00. The van der Waals surface area contributed by atoms with Crippen LogP contribution in [0, 0.1) is 10.1 Å². The Labute approximate surface area is 173 Å². The molecule has 0 aliphatic carbocycles. The van der Waals surface area contributed by atoms with Crippen LogP contribution in [0.4, 0.5) is 5.69 Å². The Morgan fingerprint density at radius 1 is 1.00 bits per heavy atom. The molecule has 29 heavy (non-hydrogen) atoms. The first-order valence-corrected chi connectivity index (χ1v) is 10.6. The number of carbonyl (C=O) groups is 1. The lowest BCUT2D eigenvalue weighted by molar-refractivity contribution is -0.384. The van der Waals surface area contributed by atoms with Gasteiger partial charge in [-0.25, -0.2) is 8.42 Å². The predicted molar refractivity (Wildman–Crippen MR) is 109 cm³/mol. The summed E-state index contributed by atoms with van der Waals surface area (Å²) in [5, 5.41) is 11.3. The first kappa shape index (κ1) is 21.0. The molecule has 8 nitrogen and oxygen atoms in total. The van der Waals surface area contributed by atoms with Crippen LogP contribution in [-0.2, 0) is 14.8 Å². The summed E-state index contributed by atoms with van der Waals surface area (Å²) in [6.45, 7) is 0.825. The monoisotopic (exact) mass is 435 g/mol. The van der Waals surface area contributed by atoms with Gasteiger partial charge in [0.1, 0.15) is 0 Å². The van der Waals surface area contributed by atoms with Crippen molar-refractivity contribution in [2.75, 3.05) is 26.2 Å². The number of piperazine rings is 1. The van der Waals surface area contributed by atoms with E-state index in [1.807, 2.05) is 0 Å². The van der Waals surface area contributed by atoms with Gasteiger partial charge in [0.05, 0.1) is 9.82 Å². The topological polar surface area (TPSA) is 101 Å². The summed E-state index contributed by atoms with van der Waals surface area (Å²) in [6.07, 6.45) is 3.13. The van der Waals surface area contributed by atoms with Crippen molar-refractivity contribution in [2.45, 2.75) is 4.90 Å². The van der Waals surface area contributed by atoms with Crippen molar-refractivity contribution < 1.29 is 18.1 Å². The fourth-order valence-corrected chi connectivity index (χ4v) is 4.43. The molecule has 1 amide bonds. The maximum Gasteiger partial charge on any atom is 0.269 e. The van der Waals surface area contributed by atoms with Crippen molar-refractivity contribution in [1.29, 1.82) is 0 Å². The molecule has 0 radical (unpaired) electrons. The van der Waals surface area contributed by atoms with Crippen molar-refractivity contribution in [2.24, 2.45) is 0 Å². The second kappa shape index (κ2) is 8.73. The largest absolute Gasteiger partial charge is 0.337 e. The van der Waals surface area contributed by atoms with Gasteiger partial charge in [-0.3, -0.25) is 14.9 Å². The van der Waals surface area contributed by atoms with Gasteiger partial charge in [-0.15, -0.1) is 0 Å². The van der Waals surface area contributed by atoms with Crippen LogP contribution >= 0.6 is 11.6 Å². The van der Waals surface area contributed by atoms with E-state index in [1.165, 1.54) is 22.5 Å². The maximum atomic E-state index is 12.7. The van der Waals surface area contributed by atoms with Gasteiger partial charge in [0.25, 0.3) is 5.69 Å². The lowest BCUT2D eigenvalue weighted by atomic mass is 10.2. The van der Waals surface area contributed by atoms with Crippen LogP contribution in [0.25, 0.3) is 6.08 Å². The van der Waals surface area contributed by atoms with Crippen LogP contribution in [0.1, 0.15) is 5.56 Å². The molecular weight excluding hydrogens is 418 g/mol. The molecule has 1 aliphatic heterocycles. The normalized spacial score (nSPS) is 15.6. The Kier molecular flexibility index (Phi) is 6.31. The zero-order valence-corrected chi connectivity index (χ0v) is 16.8. The van der Waals surface area contributed by atoms with E-state index < -0.39 is 14.9 Å². The molecule has 1 fully saturated rings. The lowest BCUT2D eigenvalue weighted by Gasteiger charge is -2.33. The number of nitro benzene ring substituents is 1. The van der Waals surface area contributed by atoms with Crippen LogP contribution in [0.3, 0.4) is 0 Å². The average Bonchev–Trinajstić information content (AvgIpc) is 2.73. The fourth-order valence-electron chi connectivity index (χ4n) is 2.88. The average molecular weight is 436 g/mol. The number of nitro groups is 1. The number of rotatable bonds is 5. The van der Waals surface area contributed by atoms with Gasteiger partial charge < -0.3 is 4.90 Å². The van der Waals surface area contributed by atoms with Crippen molar-refractivity contribution in [3.8, 4) is 0 Å². The smallest absolute Gasteiger partial charge is 0.269 e. The molecule has 0 saturated carbocycles. The molecule has 0 N–H and O–H groups in total. The number of hydrogen-bond donors (Lipinski definition) is 0. The third-order valence-electron chi connectivity index (χ3n) is 4.52. The fraction of sp³-hybridized carbons (Fsp3) is 0.211. The van der Waals surface area contributed by atoms with Crippen LogP contribution < -0.4 is 0 Å². The maximum absolute atomic E-state index is 12.7. The second-order valence-corrected chi connectivity index (χ2v) is 8.74. The summed E-state index contributed by atoms with van der Waals surface area (Å²) in [5.41, 5.74) is 0.661. The van der Waals surface area contributed by atoms with Gasteiger partial charge >= 0.3 is 0 Å². The Morgan fingerprint density at radius 3 is 2.14 bits per heavy atom. The Hall–Kier alpha value is -2.75. The van der Waals surface area contributed by atoms with Gasteiger partial charge in [0.15, 0.2) is 0 Å². The molecule has 152 valence electrons. The van der Waals surface area contributed by atoms with Crippen LogP contribution in [-0.4, -0.2) is 54.6 Å². The predicted octanol–water partition coefficient (Wildman–Crippen LogP) is 2.79. The summed E-state index contributed by atoms with van der Waals surface area (Å²) in [6, 6.07) is 11.8. The van der Waals surface area contributed by atoms with Gasteiger partial charge in [-0.05, 0) is 35.9 Å². The Morgan fingerprint density at radius 2 is 1.59 bits per heavy atom. The molecule has 0 aromatic heterocycles. The lowest BCUT2D eigenvalue weighted by Crippen LogP contribution is -2.50. The molecule has 1 aliphatic rings. The number of carbonyl (C=O) groups excluding carboxylic acids is 1. The summed E-state index contributed by atoms with van der Waals surface area (Å²) in [5.74, 6) is -0.202. The molecule has 10 heteroatoms. The summed E-state index contributed by atoms with van der Waals surface area (Å²) < 4.78 is 26.7. The molecule has 0 unspecified atom stereocenters. The zero-order chi connectivity index (χ0) is 21.0. The van der Waals surface area contributed by atoms with E-state index in [1.54, 1.807) is 35.2 Å². The highest BCUT2D eigenvalue weighted by molar-refractivity contribution is 7.89. The second-order valence-electron chi connectivity index (χ2n) is 6.37. The van der Waals surface area contributed by atoms with Gasteiger partial charge in [0.2, 0.25) is 15.9 Å². The molecule has 3 rings (SSSR count). The van der Waals surface area contributed by atoms with E-state index in [0.29, 0.717) is 5.02 Å².